The number of carbonyl (C=O) groups is 4. The van der Waals surface area contributed by atoms with Crippen LogP contribution in [0.3, 0.4) is 0 Å². The zero-order valence-electron chi connectivity index (χ0n) is 18.8. The van der Waals surface area contributed by atoms with E-state index in [4.69, 9.17) is 5.73 Å². The molecule has 2 rings (SSSR count). The molecule has 1 heterocycles. The van der Waals surface area contributed by atoms with Gasteiger partial charge in [-0.25, -0.2) is 4.79 Å². The third kappa shape index (κ3) is 7.64. The van der Waals surface area contributed by atoms with E-state index in [1.54, 1.807) is 12.1 Å². The molecule has 182 valence electrons. The van der Waals surface area contributed by atoms with Gasteiger partial charge in [-0.1, -0.05) is 12.1 Å². The zero-order chi connectivity index (χ0) is 24.5. The predicted molar refractivity (Wildman–Crippen MR) is 125 cm³/mol. The van der Waals surface area contributed by atoms with Crippen molar-refractivity contribution in [3.8, 4) is 5.75 Å². The number of nitrogens with one attached hydrogen (secondary N) is 2. The first-order valence-corrected chi connectivity index (χ1v) is 12.2. The SMILES string of the molecule is CSCCC(NC(=O)C(C)N)C(=O)NC(Cc1ccc(O)cc1)C(=O)N1CCCC1C(=O)O. The molecule has 1 aromatic rings. The Balaban J connectivity index is 2.25. The van der Waals surface area contributed by atoms with Crippen LogP contribution in [0.2, 0.25) is 0 Å². The molecule has 1 fully saturated rings. The summed E-state index contributed by atoms with van der Waals surface area (Å²) in [6, 6.07) is 2.53. The van der Waals surface area contributed by atoms with E-state index in [1.807, 2.05) is 6.26 Å². The highest BCUT2D eigenvalue weighted by molar-refractivity contribution is 7.98. The summed E-state index contributed by atoms with van der Waals surface area (Å²) < 4.78 is 0. The molecule has 0 radical (unpaired) electrons. The van der Waals surface area contributed by atoms with Crippen LogP contribution in [-0.2, 0) is 25.6 Å². The predicted octanol–water partition coefficient (Wildman–Crippen LogP) is 0.0802. The van der Waals surface area contributed by atoms with Crippen molar-refractivity contribution in [1.29, 1.82) is 0 Å². The summed E-state index contributed by atoms with van der Waals surface area (Å²) in [5, 5.41) is 24.4. The van der Waals surface area contributed by atoms with E-state index in [0.717, 1.165) is 0 Å². The van der Waals surface area contributed by atoms with Crippen molar-refractivity contribution in [2.24, 2.45) is 5.73 Å². The molecule has 0 aromatic heterocycles. The Morgan fingerprint density at radius 3 is 2.36 bits per heavy atom. The standard InChI is InChI=1S/C22H32N4O6S/c1-13(23)19(28)24-16(9-11-33-2)20(29)25-17(12-14-5-7-15(27)8-6-14)21(30)26-10-3-4-18(26)22(31)32/h5-8,13,16-18,27H,3-4,9-12,23H2,1-2H3,(H,24,28)(H,25,29)(H,31,32). The molecule has 1 saturated heterocycles. The molecule has 4 unspecified atom stereocenters. The molecule has 0 spiro atoms. The summed E-state index contributed by atoms with van der Waals surface area (Å²) in [6.45, 7) is 1.80. The summed E-state index contributed by atoms with van der Waals surface area (Å²) in [4.78, 5) is 51.4. The lowest BCUT2D eigenvalue weighted by molar-refractivity contribution is -0.149. The van der Waals surface area contributed by atoms with Crippen LogP contribution in [0.5, 0.6) is 5.75 Å². The summed E-state index contributed by atoms with van der Waals surface area (Å²) >= 11 is 1.51. The largest absolute Gasteiger partial charge is 0.508 e. The van der Waals surface area contributed by atoms with E-state index in [2.05, 4.69) is 10.6 Å². The van der Waals surface area contributed by atoms with E-state index in [-0.39, 0.29) is 18.7 Å². The fourth-order valence-corrected chi connectivity index (χ4v) is 4.11. The molecule has 11 heteroatoms. The number of hydrogen-bond donors (Lipinski definition) is 5. The number of likely N-dealkylation sites (tertiary alicyclic amines) is 1. The number of nitrogens with two attached hydrogens (primary N) is 1. The quantitative estimate of drug-likeness (QED) is 0.297. The van der Waals surface area contributed by atoms with Gasteiger partial charge in [0.25, 0.3) is 0 Å². The highest BCUT2D eigenvalue weighted by Crippen LogP contribution is 2.20. The number of benzene rings is 1. The van der Waals surface area contributed by atoms with Crippen molar-refractivity contribution in [2.75, 3.05) is 18.6 Å². The number of phenolic OH excluding ortho intramolecular Hbond substituents is 1. The number of hydrogen-bond acceptors (Lipinski definition) is 7. The molecule has 1 aromatic carbocycles. The van der Waals surface area contributed by atoms with Gasteiger partial charge in [0.2, 0.25) is 17.7 Å². The third-order valence-electron chi connectivity index (χ3n) is 5.47. The van der Waals surface area contributed by atoms with E-state index in [9.17, 15) is 29.4 Å². The molecule has 33 heavy (non-hydrogen) atoms. The molecule has 4 atom stereocenters. The second-order valence-corrected chi connectivity index (χ2v) is 9.08. The summed E-state index contributed by atoms with van der Waals surface area (Å²) in [5.41, 5.74) is 6.30. The smallest absolute Gasteiger partial charge is 0.326 e. The molecule has 0 saturated carbocycles. The molecule has 6 N–H and O–H groups in total. The van der Waals surface area contributed by atoms with Crippen molar-refractivity contribution in [2.45, 2.75) is 56.8 Å². The molecule has 1 aliphatic heterocycles. The van der Waals surface area contributed by atoms with Crippen LogP contribution in [0.1, 0.15) is 31.7 Å². The minimum Gasteiger partial charge on any atom is -0.508 e. The molecular weight excluding hydrogens is 448 g/mol. The van der Waals surface area contributed by atoms with Gasteiger partial charge < -0.3 is 31.5 Å². The van der Waals surface area contributed by atoms with Crippen LogP contribution in [0.15, 0.2) is 24.3 Å². The summed E-state index contributed by atoms with van der Waals surface area (Å²) in [6.07, 6.45) is 3.22. The van der Waals surface area contributed by atoms with Crippen LogP contribution in [-0.4, -0.2) is 81.5 Å². The van der Waals surface area contributed by atoms with Crippen LogP contribution in [0.4, 0.5) is 0 Å². The van der Waals surface area contributed by atoms with E-state index in [1.165, 1.54) is 35.7 Å². The molecule has 1 aliphatic rings. The lowest BCUT2D eigenvalue weighted by Crippen LogP contribution is -2.57. The number of carboxylic acids is 1. The number of phenols is 1. The number of carboxylic acid groups (broad SMARTS) is 1. The minimum absolute atomic E-state index is 0.0619. The Hall–Kier alpha value is -2.79. The maximum atomic E-state index is 13.3. The number of nitrogens with zero attached hydrogens (tertiary/aromatic N) is 1. The summed E-state index contributed by atoms with van der Waals surface area (Å²) in [7, 11) is 0. The van der Waals surface area contributed by atoms with Crippen molar-refractivity contribution in [3.63, 3.8) is 0 Å². The lowest BCUT2D eigenvalue weighted by Gasteiger charge is -2.29. The molecule has 0 bridgehead atoms. The van der Waals surface area contributed by atoms with E-state index >= 15 is 0 Å². The number of aromatic hydroxyl groups is 1. The molecule has 3 amide bonds. The van der Waals surface area contributed by atoms with Gasteiger partial charge in [0.15, 0.2) is 0 Å². The van der Waals surface area contributed by atoms with Crippen molar-refractivity contribution >= 4 is 35.5 Å². The van der Waals surface area contributed by atoms with Gasteiger partial charge in [-0.15, -0.1) is 0 Å². The van der Waals surface area contributed by atoms with E-state index in [0.29, 0.717) is 30.6 Å². The highest BCUT2D eigenvalue weighted by Gasteiger charge is 2.38. The number of amides is 3. The van der Waals surface area contributed by atoms with Gasteiger partial charge in [0.05, 0.1) is 6.04 Å². The van der Waals surface area contributed by atoms with Gasteiger partial charge in [-0.3, -0.25) is 14.4 Å². The maximum Gasteiger partial charge on any atom is 0.326 e. The van der Waals surface area contributed by atoms with Crippen molar-refractivity contribution < 1.29 is 29.4 Å². The molecular formula is C22H32N4O6S. The van der Waals surface area contributed by atoms with Gasteiger partial charge in [0, 0.05) is 13.0 Å². The van der Waals surface area contributed by atoms with Crippen LogP contribution in [0, 0.1) is 0 Å². The van der Waals surface area contributed by atoms with Crippen LogP contribution < -0.4 is 16.4 Å². The van der Waals surface area contributed by atoms with Gasteiger partial charge >= 0.3 is 5.97 Å². The Kier molecular flexibility index (Phi) is 9.98. The molecule has 0 aliphatic carbocycles. The monoisotopic (exact) mass is 480 g/mol. The number of aliphatic carboxylic acids is 1. The first-order valence-electron chi connectivity index (χ1n) is 10.8. The van der Waals surface area contributed by atoms with Crippen LogP contribution >= 0.6 is 11.8 Å². The second kappa shape index (κ2) is 12.4. The number of rotatable bonds is 11. The third-order valence-corrected chi connectivity index (χ3v) is 6.11. The Bertz CT molecular complexity index is 848. The van der Waals surface area contributed by atoms with E-state index < -0.39 is 47.9 Å². The normalized spacial score (nSPS) is 18.3. The fourth-order valence-electron chi connectivity index (χ4n) is 3.64. The lowest BCUT2D eigenvalue weighted by atomic mass is 10.0. The highest BCUT2D eigenvalue weighted by atomic mass is 32.2. The summed E-state index contributed by atoms with van der Waals surface area (Å²) in [5.74, 6) is -1.95. The average molecular weight is 481 g/mol. The first-order chi connectivity index (χ1) is 15.6. The van der Waals surface area contributed by atoms with Gasteiger partial charge in [-0.2, -0.15) is 11.8 Å². The number of thioether (sulfide) groups is 1. The Morgan fingerprint density at radius 2 is 1.79 bits per heavy atom. The van der Waals surface area contributed by atoms with Gasteiger partial charge in [-0.05, 0) is 55.9 Å². The second-order valence-electron chi connectivity index (χ2n) is 8.09. The number of carbonyl (C=O) groups excluding carboxylic acids is 3. The Morgan fingerprint density at radius 1 is 1.15 bits per heavy atom. The maximum absolute atomic E-state index is 13.3. The minimum atomic E-state index is -1.09. The zero-order valence-corrected chi connectivity index (χ0v) is 19.6. The van der Waals surface area contributed by atoms with Gasteiger partial charge in [0.1, 0.15) is 23.9 Å². The van der Waals surface area contributed by atoms with Crippen molar-refractivity contribution in [3.05, 3.63) is 29.8 Å². The van der Waals surface area contributed by atoms with Crippen LogP contribution in [0.25, 0.3) is 0 Å². The first kappa shape index (κ1) is 26.5. The average Bonchev–Trinajstić information content (AvgIpc) is 3.27. The van der Waals surface area contributed by atoms with Crippen molar-refractivity contribution in [1.82, 2.24) is 15.5 Å². The fraction of sp³-hybridized carbons (Fsp3) is 0.545. The molecule has 10 nitrogen and oxygen atoms in total. The topological polar surface area (TPSA) is 162 Å². The Labute approximate surface area is 197 Å².